The Bertz CT molecular complexity index is 723. The molecule has 25 heavy (non-hydrogen) atoms. The third kappa shape index (κ3) is 5.90. The second-order valence-electron chi connectivity index (χ2n) is 6.67. The van der Waals surface area contributed by atoms with Crippen molar-refractivity contribution in [2.45, 2.75) is 32.7 Å². The van der Waals surface area contributed by atoms with Gasteiger partial charge in [-0.05, 0) is 44.4 Å². The monoisotopic (exact) mass is 363 g/mol. The molecule has 2 aromatic rings. The molecule has 2 rings (SSSR count). The fourth-order valence-corrected chi connectivity index (χ4v) is 2.91. The van der Waals surface area contributed by atoms with Crippen molar-refractivity contribution >= 4 is 17.7 Å². The number of aromatic nitrogens is 2. The van der Waals surface area contributed by atoms with Gasteiger partial charge >= 0.3 is 6.09 Å². The summed E-state index contributed by atoms with van der Waals surface area (Å²) in [6.45, 7) is 6.10. The molecule has 1 amide bonds. The van der Waals surface area contributed by atoms with Crippen LogP contribution in [0.2, 0.25) is 5.02 Å². The molecule has 0 aliphatic rings. The van der Waals surface area contributed by atoms with E-state index in [0.717, 1.165) is 11.3 Å². The number of pyridine rings is 2. The van der Waals surface area contributed by atoms with E-state index >= 15 is 0 Å². The highest BCUT2D eigenvalue weighted by Crippen LogP contribution is 2.29. The smallest absolute Gasteiger partial charge is 0.405 e. The fourth-order valence-electron chi connectivity index (χ4n) is 2.71. The van der Waals surface area contributed by atoms with Gasteiger partial charge in [0.15, 0.2) is 5.75 Å². The van der Waals surface area contributed by atoms with Gasteiger partial charge in [0.1, 0.15) is 0 Å². The molecule has 2 N–H and O–H groups in total. The Morgan fingerprint density at radius 3 is 2.68 bits per heavy atom. The van der Waals surface area contributed by atoms with Gasteiger partial charge in [-0.15, -0.1) is 0 Å². The summed E-state index contributed by atoms with van der Waals surface area (Å²) in [4.78, 5) is 19.2. The number of nitrogens with zero attached hydrogens (tertiary/aromatic N) is 2. The quantitative estimate of drug-likeness (QED) is 0.768. The van der Waals surface area contributed by atoms with Gasteiger partial charge in [0.25, 0.3) is 0 Å². The van der Waals surface area contributed by atoms with Gasteiger partial charge in [-0.1, -0.05) is 18.5 Å². The van der Waals surface area contributed by atoms with E-state index in [2.05, 4.69) is 15.3 Å². The summed E-state index contributed by atoms with van der Waals surface area (Å²) in [7, 11) is 0. The number of ether oxygens (including phenoxy) is 1. The molecule has 0 saturated carbocycles. The van der Waals surface area contributed by atoms with Gasteiger partial charge in [0.2, 0.25) is 0 Å². The van der Waals surface area contributed by atoms with Crippen LogP contribution < -0.4 is 10.1 Å². The van der Waals surface area contributed by atoms with E-state index in [0.29, 0.717) is 23.8 Å². The number of hydrogen-bond acceptors (Lipinski definition) is 4. The first-order valence-corrected chi connectivity index (χ1v) is 8.34. The summed E-state index contributed by atoms with van der Waals surface area (Å²) in [5.74, 6) is 0.646. The minimum atomic E-state index is -1.03. The maximum Gasteiger partial charge on any atom is 0.405 e. The summed E-state index contributed by atoms with van der Waals surface area (Å²) in [5, 5.41) is 11.8. The Morgan fingerprint density at radius 2 is 2.08 bits per heavy atom. The first-order valence-electron chi connectivity index (χ1n) is 7.97. The van der Waals surface area contributed by atoms with Crippen LogP contribution in [0.5, 0.6) is 5.75 Å². The van der Waals surface area contributed by atoms with Crippen LogP contribution in [0.3, 0.4) is 0 Å². The van der Waals surface area contributed by atoms with Crippen LogP contribution in [0.25, 0.3) is 11.3 Å². The minimum Gasteiger partial charge on any atom is -0.490 e. The van der Waals surface area contributed by atoms with Crippen LogP contribution in [-0.2, 0) is 0 Å². The van der Waals surface area contributed by atoms with Gasteiger partial charge < -0.3 is 15.2 Å². The van der Waals surface area contributed by atoms with E-state index < -0.39 is 11.6 Å². The van der Waals surface area contributed by atoms with Crippen molar-refractivity contribution in [3.63, 3.8) is 0 Å². The second kappa shape index (κ2) is 8.16. The van der Waals surface area contributed by atoms with Gasteiger partial charge in [0, 0.05) is 23.5 Å². The standard InChI is InChI=1S/C18H22ClN3O3/c1-12(9-18(2,3)22-17(23)24)11-25-16-10-21-15(8-14(16)19)13-4-6-20-7-5-13/h4-8,10,12,22H,9,11H2,1-3H3,(H,23,24). The molecular weight excluding hydrogens is 342 g/mol. The van der Waals surface area contributed by atoms with Crippen LogP contribution in [0.15, 0.2) is 36.8 Å². The number of nitrogens with one attached hydrogen (secondary N) is 1. The highest BCUT2D eigenvalue weighted by atomic mass is 35.5. The average molecular weight is 364 g/mol. The summed E-state index contributed by atoms with van der Waals surface area (Å²) in [5.41, 5.74) is 1.15. The molecule has 1 unspecified atom stereocenters. The Hall–Kier alpha value is -2.34. The highest BCUT2D eigenvalue weighted by Gasteiger charge is 2.23. The lowest BCUT2D eigenvalue weighted by atomic mass is 9.92. The molecule has 0 fully saturated rings. The first-order chi connectivity index (χ1) is 11.8. The van der Waals surface area contributed by atoms with Crippen LogP contribution in [0, 0.1) is 5.92 Å². The number of hydrogen-bond donors (Lipinski definition) is 2. The maximum absolute atomic E-state index is 10.8. The molecule has 134 valence electrons. The van der Waals surface area contributed by atoms with Gasteiger partial charge in [-0.3, -0.25) is 9.97 Å². The molecule has 0 bridgehead atoms. The third-order valence-electron chi connectivity index (χ3n) is 3.62. The zero-order chi connectivity index (χ0) is 18.4. The van der Waals surface area contributed by atoms with Crippen LogP contribution in [0.1, 0.15) is 27.2 Å². The zero-order valence-corrected chi connectivity index (χ0v) is 15.2. The molecule has 6 nitrogen and oxygen atoms in total. The molecular formula is C18H22ClN3O3. The molecule has 0 spiro atoms. The minimum absolute atomic E-state index is 0.137. The van der Waals surface area contributed by atoms with E-state index in [-0.39, 0.29) is 5.92 Å². The van der Waals surface area contributed by atoms with Crippen LogP contribution in [-0.4, -0.2) is 33.3 Å². The molecule has 0 aliphatic heterocycles. The van der Waals surface area contributed by atoms with Crippen LogP contribution in [0.4, 0.5) is 4.79 Å². The predicted octanol–water partition coefficient (Wildman–Crippen LogP) is 4.25. The van der Waals surface area contributed by atoms with Crippen molar-refractivity contribution < 1.29 is 14.6 Å². The van der Waals surface area contributed by atoms with Crippen molar-refractivity contribution in [2.75, 3.05) is 6.61 Å². The van der Waals surface area contributed by atoms with E-state index in [4.69, 9.17) is 21.4 Å². The lowest BCUT2D eigenvalue weighted by Crippen LogP contribution is -2.44. The van der Waals surface area contributed by atoms with E-state index in [1.807, 2.05) is 32.9 Å². The summed E-state index contributed by atoms with van der Waals surface area (Å²) < 4.78 is 5.76. The molecule has 2 aromatic heterocycles. The fraction of sp³-hybridized carbons (Fsp3) is 0.389. The van der Waals surface area contributed by atoms with Crippen molar-refractivity contribution in [3.05, 3.63) is 41.8 Å². The third-order valence-corrected chi connectivity index (χ3v) is 3.92. The normalized spacial score (nSPS) is 12.5. The number of carboxylic acid groups (broad SMARTS) is 1. The van der Waals surface area contributed by atoms with E-state index in [9.17, 15) is 4.79 Å². The lowest BCUT2D eigenvalue weighted by molar-refractivity contribution is 0.169. The molecule has 2 heterocycles. The van der Waals surface area contributed by atoms with Crippen LogP contribution >= 0.6 is 11.6 Å². The Balaban J connectivity index is 1.96. The first kappa shape index (κ1) is 19.0. The lowest BCUT2D eigenvalue weighted by Gasteiger charge is -2.28. The van der Waals surface area contributed by atoms with Crippen molar-refractivity contribution in [3.8, 4) is 17.0 Å². The zero-order valence-electron chi connectivity index (χ0n) is 14.5. The molecule has 0 aromatic carbocycles. The number of rotatable bonds is 7. The summed E-state index contributed by atoms with van der Waals surface area (Å²) in [6, 6.07) is 5.48. The highest BCUT2D eigenvalue weighted by molar-refractivity contribution is 6.32. The van der Waals surface area contributed by atoms with Crippen molar-refractivity contribution in [2.24, 2.45) is 5.92 Å². The predicted molar refractivity (Wildman–Crippen MR) is 97.0 cm³/mol. The molecule has 0 radical (unpaired) electrons. The molecule has 7 heteroatoms. The Morgan fingerprint density at radius 1 is 1.40 bits per heavy atom. The summed E-state index contributed by atoms with van der Waals surface area (Å²) in [6.07, 6.45) is 4.61. The van der Waals surface area contributed by atoms with Crippen molar-refractivity contribution in [1.82, 2.24) is 15.3 Å². The van der Waals surface area contributed by atoms with Gasteiger partial charge in [-0.2, -0.15) is 0 Å². The number of amides is 1. The van der Waals surface area contributed by atoms with Gasteiger partial charge in [0.05, 0.1) is 23.5 Å². The Kier molecular flexibility index (Phi) is 6.20. The van der Waals surface area contributed by atoms with Gasteiger partial charge in [-0.25, -0.2) is 4.79 Å². The Labute approximate surface area is 152 Å². The SMILES string of the molecule is CC(COc1cnc(-c2ccncc2)cc1Cl)CC(C)(C)NC(=O)O. The van der Waals surface area contributed by atoms with E-state index in [1.165, 1.54) is 0 Å². The second-order valence-corrected chi connectivity index (χ2v) is 7.08. The average Bonchev–Trinajstić information content (AvgIpc) is 2.52. The molecule has 1 atom stereocenters. The number of halogens is 1. The largest absolute Gasteiger partial charge is 0.490 e. The summed E-state index contributed by atoms with van der Waals surface area (Å²) >= 11 is 6.29. The van der Waals surface area contributed by atoms with E-state index in [1.54, 1.807) is 24.7 Å². The van der Waals surface area contributed by atoms with Crippen molar-refractivity contribution in [1.29, 1.82) is 0 Å². The molecule has 0 aliphatic carbocycles. The molecule has 0 saturated heterocycles. The number of carbonyl (C=O) groups is 1. The maximum atomic E-state index is 10.8. The topological polar surface area (TPSA) is 84.3 Å².